The molecule has 0 unspecified atom stereocenters. The van der Waals surface area contributed by atoms with Crippen LogP contribution in [0.1, 0.15) is 18.3 Å². The Hall–Kier alpha value is -1.41. The lowest BCUT2D eigenvalue weighted by Crippen LogP contribution is -2.05. The van der Waals surface area contributed by atoms with E-state index in [1.807, 2.05) is 13.0 Å². The van der Waals surface area contributed by atoms with Gasteiger partial charge >= 0.3 is 0 Å². The number of nitriles is 1. The van der Waals surface area contributed by atoms with Crippen LogP contribution >= 0.6 is 0 Å². The fraction of sp³-hybridized carbons (Fsp3) is 0.625. The van der Waals surface area contributed by atoms with Crippen LogP contribution in [0.15, 0.2) is 0 Å². The Balaban J connectivity index is 2.93. The van der Waals surface area contributed by atoms with Gasteiger partial charge in [0.05, 0.1) is 24.8 Å². The first kappa shape index (κ1) is 9.68. The van der Waals surface area contributed by atoms with E-state index in [2.05, 4.69) is 10.3 Å². The van der Waals surface area contributed by atoms with Crippen molar-refractivity contribution >= 4 is 0 Å². The smallest absolute Gasteiger partial charge is 0.102 e. The van der Waals surface area contributed by atoms with Gasteiger partial charge in [-0.3, -0.25) is 0 Å². The summed E-state index contributed by atoms with van der Waals surface area (Å²) in [6, 6.07) is 2.05. The minimum absolute atomic E-state index is 0.290. The zero-order chi connectivity index (χ0) is 9.68. The summed E-state index contributed by atoms with van der Waals surface area (Å²) in [6.07, 6.45) is 0.290. The van der Waals surface area contributed by atoms with Gasteiger partial charge in [-0.2, -0.15) is 5.26 Å². The summed E-state index contributed by atoms with van der Waals surface area (Å²) >= 11 is 0. The Morgan fingerprint density at radius 2 is 2.38 bits per heavy atom. The van der Waals surface area contributed by atoms with Gasteiger partial charge in [-0.15, -0.1) is 5.10 Å². The fourth-order valence-corrected chi connectivity index (χ4v) is 1.13. The molecule has 13 heavy (non-hydrogen) atoms. The number of aromatic nitrogens is 3. The van der Waals surface area contributed by atoms with Crippen LogP contribution in [0.25, 0.3) is 0 Å². The van der Waals surface area contributed by atoms with E-state index in [1.165, 1.54) is 0 Å². The molecule has 0 saturated carbocycles. The van der Waals surface area contributed by atoms with E-state index < -0.39 is 0 Å². The first-order valence-electron chi connectivity index (χ1n) is 4.10. The van der Waals surface area contributed by atoms with Crippen LogP contribution in [0.2, 0.25) is 0 Å². The fourth-order valence-electron chi connectivity index (χ4n) is 1.13. The van der Waals surface area contributed by atoms with E-state index in [1.54, 1.807) is 11.8 Å². The number of nitrogens with zero attached hydrogens (tertiary/aromatic N) is 4. The van der Waals surface area contributed by atoms with Gasteiger partial charge in [-0.05, 0) is 6.92 Å². The molecule has 5 nitrogen and oxygen atoms in total. The van der Waals surface area contributed by atoms with Crippen molar-refractivity contribution in [2.24, 2.45) is 0 Å². The Morgan fingerprint density at radius 3 is 2.92 bits per heavy atom. The third-order valence-corrected chi connectivity index (χ3v) is 1.75. The first-order valence-corrected chi connectivity index (χ1v) is 4.10. The summed E-state index contributed by atoms with van der Waals surface area (Å²) < 4.78 is 6.75. The van der Waals surface area contributed by atoms with Gasteiger partial charge in [-0.1, -0.05) is 5.21 Å². The Bertz CT molecular complexity index is 312. The summed E-state index contributed by atoms with van der Waals surface area (Å²) in [6.45, 7) is 3.18. The van der Waals surface area contributed by atoms with Gasteiger partial charge in [0.15, 0.2) is 0 Å². The Labute approximate surface area is 76.9 Å². The van der Waals surface area contributed by atoms with Crippen LogP contribution in [-0.2, 0) is 24.3 Å². The Kier molecular flexibility index (Phi) is 3.41. The monoisotopic (exact) mass is 180 g/mol. The van der Waals surface area contributed by atoms with Gasteiger partial charge < -0.3 is 4.74 Å². The van der Waals surface area contributed by atoms with Crippen LogP contribution in [0.3, 0.4) is 0 Å². The average molecular weight is 180 g/mol. The van der Waals surface area contributed by atoms with Gasteiger partial charge in [-0.25, -0.2) is 4.68 Å². The second kappa shape index (κ2) is 4.58. The second-order valence-corrected chi connectivity index (χ2v) is 2.57. The normalized spacial score (nSPS) is 9.92. The zero-order valence-corrected chi connectivity index (χ0v) is 7.82. The quantitative estimate of drug-likeness (QED) is 0.677. The SMILES string of the molecule is CCn1nnc(CC#N)c1COC. The van der Waals surface area contributed by atoms with Crippen LogP contribution in [0.4, 0.5) is 0 Å². The van der Waals surface area contributed by atoms with Gasteiger partial charge in [0.1, 0.15) is 5.69 Å². The number of hydrogen-bond acceptors (Lipinski definition) is 4. The summed E-state index contributed by atoms with van der Waals surface area (Å²) in [5, 5.41) is 16.3. The maximum Gasteiger partial charge on any atom is 0.102 e. The van der Waals surface area contributed by atoms with Crippen LogP contribution in [0.5, 0.6) is 0 Å². The lowest BCUT2D eigenvalue weighted by molar-refractivity contribution is 0.176. The van der Waals surface area contributed by atoms with Crippen molar-refractivity contribution in [2.45, 2.75) is 26.5 Å². The standard InChI is InChI=1S/C8H12N4O/c1-3-12-8(6-13-2)7(4-5-9)10-11-12/h3-4,6H2,1-2H3. The molecule has 1 aromatic heterocycles. The van der Waals surface area contributed by atoms with Crippen molar-refractivity contribution in [2.75, 3.05) is 7.11 Å². The molecule has 1 heterocycles. The molecule has 0 aromatic carbocycles. The molecule has 0 spiro atoms. The molecule has 0 atom stereocenters. The van der Waals surface area contributed by atoms with Gasteiger partial charge in [0, 0.05) is 13.7 Å². The maximum absolute atomic E-state index is 8.53. The van der Waals surface area contributed by atoms with Crippen molar-refractivity contribution in [3.8, 4) is 6.07 Å². The summed E-state index contributed by atoms with van der Waals surface area (Å²) in [5.74, 6) is 0. The van der Waals surface area contributed by atoms with E-state index in [9.17, 15) is 0 Å². The zero-order valence-electron chi connectivity index (χ0n) is 7.82. The van der Waals surface area contributed by atoms with E-state index in [4.69, 9.17) is 10.00 Å². The molecular weight excluding hydrogens is 168 g/mol. The molecule has 1 rings (SSSR count). The van der Waals surface area contributed by atoms with E-state index in [0.29, 0.717) is 18.7 Å². The molecule has 0 saturated heterocycles. The van der Waals surface area contributed by atoms with Crippen molar-refractivity contribution in [1.82, 2.24) is 15.0 Å². The average Bonchev–Trinajstić information content (AvgIpc) is 2.50. The number of hydrogen-bond donors (Lipinski definition) is 0. The lowest BCUT2D eigenvalue weighted by Gasteiger charge is -2.02. The predicted octanol–water partition coefficient (Wildman–Crippen LogP) is 0.510. The van der Waals surface area contributed by atoms with Crippen LogP contribution < -0.4 is 0 Å². The molecule has 1 aromatic rings. The maximum atomic E-state index is 8.53. The molecule has 0 bridgehead atoms. The molecular formula is C8H12N4O. The van der Waals surface area contributed by atoms with Crippen molar-refractivity contribution in [3.05, 3.63) is 11.4 Å². The number of ether oxygens (including phenoxy) is 1. The van der Waals surface area contributed by atoms with Crippen molar-refractivity contribution in [3.63, 3.8) is 0 Å². The van der Waals surface area contributed by atoms with Crippen LogP contribution in [0, 0.1) is 11.3 Å². The molecule has 0 fully saturated rings. The molecule has 0 N–H and O–H groups in total. The lowest BCUT2D eigenvalue weighted by atomic mass is 10.2. The summed E-state index contributed by atoms with van der Waals surface area (Å²) in [7, 11) is 1.61. The van der Waals surface area contributed by atoms with Crippen LogP contribution in [-0.4, -0.2) is 22.1 Å². The molecule has 70 valence electrons. The van der Waals surface area contributed by atoms with Crippen molar-refractivity contribution < 1.29 is 4.74 Å². The van der Waals surface area contributed by atoms with E-state index >= 15 is 0 Å². The highest BCUT2D eigenvalue weighted by Gasteiger charge is 2.10. The van der Waals surface area contributed by atoms with E-state index in [-0.39, 0.29) is 0 Å². The Morgan fingerprint density at radius 1 is 1.62 bits per heavy atom. The molecule has 0 aliphatic rings. The van der Waals surface area contributed by atoms with Gasteiger partial charge in [0.25, 0.3) is 0 Å². The highest BCUT2D eigenvalue weighted by atomic mass is 16.5. The third kappa shape index (κ3) is 2.04. The third-order valence-electron chi connectivity index (χ3n) is 1.75. The number of aryl methyl sites for hydroxylation is 1. The molecule has 0 radical (unpaired) electrons. The second-order valence-electron chi connectivity index (χ2n) is 2.57. The topological polar surface area (TPSA) is 63.7 Å². The molecule has 0 aliphatic carbocycles. The minimum Gasteiger partial charge on any atom is -0.378 e. The number of rotatable bonds is 4. The van der Waals surface area contributed by atoms with E-state index in [0.717, 1.165) is 12.2 Å². The van der Waals surface area contributed by atoms with Crippen molar-refractivity contribution in [1.29, 1.82) is 5.26 Å². The number of methoxy groups -OCH3 is 1. The van der Waals surface area contributed by atoms with Gasteiger partial charge in [0.2, 0.25) is 0 Å². The molecule has 5 heteroatoms. The summed E-state index contributed by atoms with van der Waals surface area (Å²) in [4.78, 5) is 0. The first-order chi connectivity index (χ1) is 6.33. The summed E-state index contributed by atoms with van der Waals surface area (Å²) in [5.41, 5.74) is 1.61. The molecule has 0 amide bonds. The highest BCUT2D eigenvalue weighted by Crippen LogP contribution is 2.07. The predicted molar refractivity (Wildman–Crippen MR) is 45.7 cm³/mol. The minimum atomic E-state index is 0.290. The molecule has 0 aliphatic heterocycles. The largest absolute Gasteiger partial charge is 0.378 e. The highest BCUT2D eigenvalue weighted by molar-refractivity contribution is 5.13.